The average molecular weight is 382 g/mol. The average Bonchev–Trinajstić information content (AvgIpc) is 3.11. The molecule has 0 N–H and O–H groups in total. The van der Waals surface area contributed by atoms with Gasteiger partial charge in [0.25, 0.3) is 0 Å². The van der Waals surface area contributed by atoms with Gasteiger partial charge in [0, 0.05) is 19.5 Å². The zero-order valence-electron chi connectivity index (χ0n) is 15.9. The molecular formula is C20H22N4O4. The zero-order chi connectivity index (χ0) is 19.9. The van der Waals surface area contributed by atoms with E-state index in [-0.39, 0.29) is 25.2 Å². The zero-order valence-corrected chi connectivity index (χ0v) is 15.9. The number of benzene rings is 2. The molecule has 146 valence electrons. The minimum atomic E-state index is -0.327. The van der Waals surface area contributed by atoms with Crippen LogP contribution in [0.25, 0.3) is 16.7 Å². The molecule has 2 aromatic carbocycles. The summed E-state index contributed by atoms with van der Waals surface area (Å²) in [4.78, 5) is 25.6. The number of aromatic nitrogens is 3. The van der Waals surface area contributed by atoms with Gasteiger partial charge in [-0.25, -0.2) is 0 Å². The molecule has 8 nitrogen and oxygen atoms in total. The Morgan fingerprint density at radius 3 is 1.82 bits per heavy atom. The predicted octanol–water partition coefficient (Wildman–Crippen LogP) is 2.35. The fourth-order valence-electron chi connectivity index (χ4n) is 2.74. The molecule has 0 aliphatic rings. The number of carbonyl (C=O) groups excluding carboxylic acids is 2. The highest BCUT2D eigenvalue weighted by Gasteiger charge is 2.10. The summed E-state index contributed by atoms with van der Waals surface area (Å²) in [5, 5.41) is 8.94. The van der Waals surface area contributed by atoms with E-state index in [1.165, 1.54) is 13.8 Å². The summed E-state index contributed by atoms with van der Waals surface area (Å²) in [7, 11) is 0. The molecule has 0 saturated heterocycles. The van der Waals surface area contributed by atoms with E-state index in [2.05, 4.69) is 10.2 Å². The molecule has 28 heavy (non-hydrogen) atoms. The Hall–Kier alpha value is -3.42. The quantitative estimate of drug-likeness (QED) is 0.553. The normalized spacial score (nSPS) is 10.6. The number of hydrogen-bond acceptors (Lipinski definition) is 7. The molecule has 1 heterocycles. The number of nitrogens with zero attached hydrogens (tertiary/aromatic N) is 4. The van der Waals surface area contributed by atoms with Crippen LogP contribution in [-0.2, 0) is 19.1 Å². The van der Waals surface area contributed by atoms with E-state index in [0.717, 1.165) is 22.4 Å². The fraction of sp³-hybridized carbons (Fsp3) is 0.300. The van der Waals surface area contributed by atoms with Crippen LogP contribution in [0.15, 0.2) is 48.5 Å². The van der Waals surface area contributed by atoms with Crippen LogP contribution in [0.5, 0.6) is 0 Å². The predicted molar refractivity (Wildman–Crippen MR) is 104 cm³/mol. The van der Waals surface area contributed by atoms with Crippen LogP contribution >= 0.6 is 0 Å². The van der Waals surface area contributed by atoms with Crippen molar-refractivity contribution in [1.29, 1.82) is 0 Å². The van der Waals surface area contributed by atoms with E-state index in [1.807, 2.05) is 53.4 Å². The molecule has 0 atom stereocenters. The minimum absolute atomic E-state index is 0.253. The van der Waals surface area contributed by atoms with Crippen molar-refractivity contribution in [2.24, 2.45) is 0 Å². The number of ether oxygens (including phenoxy) is 2. The van der Waals surface area contributed by atoms with Gasteiger partial charge in [-0.2, -0.15) is 4.80 Å². The Balaban J connectivity index is 1.73. The van der Waals surface area contributed by atoms with Gasteiger partial charge in [-0.1, -0.05) is 12.1 Å². The van der Waals surface area contributed by atoms with Crippen molar-refractivity contribution in [3.63, 3.8) is 0 Å². The molecule has 0 radical (unpaired) electrons. The second kappa shape index (κ2) is 8.98. The van der Waals surface area contributed by atoms with Crippen LogP contribution in [0.4, 0.5) is 5.69 Å². The number of carbonyl (C=O) groups is 2. The first kappa shape index (κ1) is 19.3. The number of hydrogen-bond donors (Lipinski definition) is 0. The third-order valence-electron chi connectivity index (χ3n) is 4.07. The van der Waals surface area contributed by atoms with Crippen molar-refractivity contribution in [3.05, 3.63) is 48.5 Å². The van der Waals surface area contributed by atoms with Crippen molar-refractivity contribution in [2.45, 2.75) is 13.8 Å². The summed E-state index contributed by atoms with van der Waals surface area (Å²) in [5.74, 6) is -0.654. The third-order valence-corrected chi connectivity index (χ3v) is 4.07. The van der Waals surface area contributed by atoms with Gasteiger partial charge in [0.1, 0.15) is 24.2 Å². The minimum Gasteiger partial charge on any atom is -0.464 e. The van der Waals surface area contributed by atoms with Gasteiger partial charge in [-0.05, 0) is 36.4 Å². The molecule has 0 aliphatic heterocycles. The van der Waals surface area contributed by atoms with Gasteiger partial charge in [0.15, 0.2) is 0 Å². The van der Waals surface area contributed by atoms with Gasteiger partial charge in [0.05, 0.1) is 18.8 Å². The van der Waals surface area contributed by atoms with Crippen LogP contribution in [0.2, 0.25) is 0 Å². The third kappa shape index (κ3) is 5.06. The number of esters is 2. The smallest absolute Gasteiger partial charge is 0.302 e. The van der Waals surface area contributed by atoms with Crippen LogP contribution in [0.3, 0.4) is 0 Å². The lowest BCUT2D eigenvalue weighted by Gasteiger charge is -2.24. The highest BCUT2D eigenvalue weighted by molar-refractivity contribution is 5.73. The Labute approximate surface area is 162 Å². The first-order valence-corrected chi connectivity index (χ1v) is 8.97. The molecule has 0 bridgehead atoms. The van der Waals surface area contributed by atoms with Gasteiger partial charge in [0.2, 0.25) is 0 Å². The summed E-state index contributed by atoms with van der Waals surface area (Å²) in [6.45, 7) is 4.23. The summed E-state index contributed by atoms with van der Waals surface area (Å²) in [6, 6.07) is 15.4. The highest BCUT2D eigenvalue weighted by atomic mass is 16.5. The lowest BCUT2D eigenvalue weighted by Crippen LogP contribution is -2.31. The molecular weight excluding hydrogens is 360 g/mol. The van der Waals surface area contributed by atoms with Gasteiger partial charge >= 0.3 is 11.9 Å². The second-order valence-electron chi connectivity index (χ2n) is 6.16. The maximum absolute atomic E-state index is 11.0. The van der Waals surface area contributed by atoms with Crippen LogP contribution in [0.1, 0.15) is 13.8 Å². The molecule has 3 aromatic rings. The molecule has 0 spiro atoms. The molecule has 0 aliphatic carbocycles. The van der Waals surface area contributed by atoms with Crippen LogP contribution in [-0.4, -0.2) is 53.2 Å². The Bertz CT molecular complexity index is 899. The van der Waals surface area contributed by atoms with E-state index >= 15 is 0 Å². The lowest BCUT2D eigenvalue weighted by atomic mass is 10.2. The topological polar surface area (TPSA) is 86.5 Å². The number of rotatable bonds is 8. The molecule has 0 unspecified atom stereocenters. The van der Waals surface area contributed by atoms with E-state index in [1.54, 1.807) is 4.80 Å². The Kier molecular flexibility index (Phi) is 6.21. The van der Waals surface area contributed by atoms with Gasteiger partial charge in [-0.3, -0.25) is 9.59 Å². The SMILES string of the molecule is CC(=O)OCCN(CCOC(C)=O)c1ccc(-n2nc3ccccc3n2)cc1. The van der Waals surface area contributed by atoms with E-state index in [0.29, 0.717) is 13.1 Å². The van der Waals surface area contributed by atoms with Gasteiger partial charge < -0.3 is 14.4 Å². The largest absolute Gasteiger partial charge is 0.464 e. The molecule has 3 rings (SSSR count). The summed E-state index contributed by atoms with van der Waals surface area (Å²) < 4.78 is 10.1. The van der Waals surface area contributed by atoms with Crippen LogP contribution in [0, 0.1) is 0 Å². The summed E-state index contributed by atoms with van der Waals surface area (Å²) in [6.07, 6.45) is 0. The highest BCUT2D eigenvalue weighted by Crippen LogP contribution is 2.18. The first-order chi connectivity index (χ1) is 13.5. The molecule has 0 fully saturated rings. The standard InChI is InChI=1S/C20H22N4O4/c1-15(25)27-13-11-23(12-14-28-16(2)26)17-7-9-18(10-8-17)24-21-19-5-3-4-6-20(19)22-24/h3-10H,11-14H2,1-2H3. The maximum atomic E-state index is 11.0. The van der Waals surface area contributed by atoms with Crippen molar-refractivity contribution in [3.8, 4) is 5.69 Å². The maximum Gasteiger partial charge on any atom is 0.302 e. The molecule has 8 heteroatoms. The lowest BCUT2D eigenvalue weighted by molar-refractivity contribution is -0.141. The monoisotopic (exact) mass is 382 g/mol. The van der Waals surface area contributed by atoms with Crippen molar-refractivity contribution in [2.75, 3.05) is 31.2 Å². The number of fused-ring (bicyclic) bond motifs is 1. The van der Waals surface area contributed by atoms with Crippen molar-refractivity contribution < 1.29 is 19.1 Å². The Morgan fingerprint density at radius 1 is 0.857 bits per heavy atom. The molecule has 0 saturated carbocycles. The Morgan fingerprint density at radius 2 is 1.36 bits per heavy atom. The van der Waals surface area contributed by atoms with E-state index in [9.17, 15) is 9.59 Å². The molecule has 1 aromatic heterocycles. The first-order valence-electron chi connectivity index (χ1n) is 8.97. The molecule has 0 amide bonds. The van der Waals surface area contributed by atoms with E-state index < -0.39 is 0 Å². The second-order valence-corrected chi connectivity index (χ2v) is 6.16. The van der Waals surface area contributed by atoms with E-state index in [4.69, 9.17) is 9.47 Å². The fourth-order valence-corrected chi connectivity index (χ4v) is 2.74. The van der Waals surface area contributed by atoms with Crippen molar-refractivity contribution in [1.82, 2.24) is 15.0 Å². The summed E-state index contributed by atoms with van der Waals surface area (Å²) in [5.41, 5.74) is 3.41. The van der Waals surface area contributed by atoms with Crippen molar-refractivity contribution >= 4 is 28.7 Å². The van der Waals surface area contributed by atoms with Gasteiger partial charge in [-0.15, -0.1) is 10.2 Å². The summed E-state index contributed by atoms with van der Waals surface area (Å²) >= 11 is 0. The number of anilines is 1. The van der Waals surface area contributed by atoms with Crippen LogP contribution < -0.4 is 4.90 Å².